The van der Waals surface area contributed by atoms with Crippen LogP contribution in [0.3, 0.4) is 0 Å². The van der Waals surface area contributed by atoms with E-state index in [1.165, 1.54) is 0 Å². The molecule has 2 atom stereocenters. The van der Waals surface area contributed by atoms with Crippen LogP contribution in [0.2, 0.25) is 0 Å². The van der Waals surface area contributed by atoms with Crippen LogP contribution < -0.4 is 16.4 Å². The highest BCUT2D eigenvalue weighted by atomic mass is 16.5. The molecule has 0 saturated heterocycles. The molecule has 0 aromatic heterocycles. The first-order valence-electron chi connectivity index (χ1n) is 7.52. The van der Waals surface area contributed by atoms with Gasteiger partial charge in [-0.25, -0.2) is 4.79 Å². The summed E-state index contributed by atoms with van der Waals surface area (Å²) in [5, 5.41) is 22.3. The van der Waals surface area contributed by atoms with Crippen molar-refractivity contribution in [3.05, 3.63) is 35.9 Å². The summed E-state index contributed by atoms with van der Waals surface area (Å²) in [5.41, 5.74) is 5.90. The number of primary amides is 1. The smallest absolute Gasteiger partial charge is 0.408 e. The van der Waals surface area contributed by atoms with Gasteiger partial charge >= 0.3 is 6.09 Å². The van der Waals surface area contributed by atoms with Gasteiger partial charge < -0.3 is 26.2 Å². The summed E-state index contributed by atoms with van der Waals surface area (Å²) in [7, 11) is 0. The van der Waals surface area contributed by atoms with Gasteiger partial charge in [-0.15, -0.1) is 0 Å². The molecule has 0 bridgehead atoms. The fourth-order valence-corrected chi connectivity index (χ4v) is 1.87. The van der Waals surface area contributed by atoms with Crippen molar-refractivity contribution in [1.82, 2.24) is 10.6 Å². The number of nitriles is 1. The van der Waals surface area contributed by atoms with E-state index in [0.717, 1.165) is 5.56 Å². The van der Waals surface area contributed by atoms with E-state index in [-0.39, 0.29) is 19.4 Å². The van der Waals surface area contributed by atoms with Gasteiger partial charge in [0.05, 0.1) is 12.7 Å². The Bertz CT molecular complexity index is 629. The maximum Gasteiger partial charge on any atom is 0.408 e. The number of ether oxygens (including phenoxy) is 1. The lowest BCUT2D eigenvalue weighted by Crippen LogP contribution is -2.54. The maximum atomic E-state index is 12.0. The van der Waals surface area contributed by atoms with Gasteiger partial charge in [-0.2, -0.15) is 5.26 Å². The van der Waals surface area contributed by atoms with Gasteiger partial charge in [0.25, 0.3) is 0 Å². The number of aliphatic hydroxyl groups is 1. The third-order valence-corrected chi connectivity index (χ3v) is 3.21. The first kappa shape index (κ1) is 19.9. The van der Waals surface area contributed by atoms with Crippen molar-refractivity contribution < 1.29 is 24.2 Å². The van der Waals surface area contributed by atoms with E-state index in [0.29, 0.717) is 0 Å². The number of nitrogens with zero attached hydrogens (tertiary/aromatic N) is 1. The number of carbonyl (C=O) groups is 3. The highest BCUT2D eigenvalue weighted by Crippen LogP contribution is 2.01. The molecule has 0 radical (unpaired) electrons. The van der Waals surface area contributed by atoms with Crippen molar-refractivity contribution >= 4 is 17.9 Å². The predicted molar refractivity (Wildman–Crippen MR) is 86.6 cm³/mol. The molecule has 5 N–H and O–H groups in total. The molecule has 0 aliphatic rings. The Balaban J connectivity index is 2.52. The molecule has 25 heavy (non-hydrogen) atoms. The molecule has 1 rings (SSSR count). The zero-order chi connectivity index (χ0) is 18.7. The van der Waals surface area contributed by atoms with Crippen LogP contribution in [0, 0.1) is 11.3 Å². The SMILES string of the molecule is N#CCC[C@@H](NC(=O)[C@H](CO)NC(=O)OCc1ccccc1)C(N)=O. The van der Waals surface area contributed by atoms with E-state index in [9.17, 15) is 19.5 Å². The topological polar surface area (TPSA) is 155 Å². The molecular formula is C16H20N4O5. The van der Waals surface area contributed by atoms with E-state index in [4.69, 9.17) is 15.7 Å². The van der Waals surface area contributed by atoms with Crippen molar-refractivity contribution in [2.45, 2.75) is 31.5 Å². The van der Waals surface area contributed by atoms with Crippen LogP contribution in [0.5, 0.6) is 0 Å². The third-order valence-electron chi connectivity index (χ3n) is 3.21. The van der Waals surface area contributed by atoms with Crippen LogP contribution >= 0.6 is 0 Å². The molecule has 0 saturated carbocycles. The first-order valence-corrected chi connectivity index (χ1v) is 7.52. The Morgan fingerprint density at radius 2 is 1.88 bits per heavy atom. The Morgan fingerprint density at radius 3 is 2.44 bits per heavy atom. The highest BCUT2D eigenvalue weighted by Gasteiger charge is 2.25. The van der Waals surface area contributed by atoms with Crippen LogP contribution in [-0.2, 0) is 20.9 Å². The van der Waals surface area contributed by atoms with Gasteiger partial charge in [0.2, 0.25) is 11.8 Å². The van der Waals surface area contributed by atoms with Crippen molar-refractivity contribution in [2.75, 3.05) is 6.61 Å². The van der Waals surface area contributed by atoms with Gasteiger partial charge in [0, 0.05) is 6.42 Å². The number of nitrogens with two attached hydrogens (primary N) is 1. The minimum absolute atomic E-state index is 0.00147. The van der Waals surface area contributed by atoms with E-state index < -0.39 is 36.6 Å². The molecule has 0 aliphatic heterocycles. The normalized spacial score (nSPS) is 12.3. The van der Waals surface area contributed by atoms with Crippen molar-refractivity contribution in [3.8, 4) is 6.07 Å². The van der Waals surface area contributed by atoms with Gasteiger partial charge in [-0.05, 0) is 12.0 Å². The minimum Gasteiger partial charge on any atom is -0.445 e. The monoisotopic (exact) mass is 348 g/mol. The third kappa shape index (κ3) is 7.32. The zero-order valence-corrected chi connectivity index (χ0v) is 13.5. The van der Waals surface area contributed by atoms with E-state index in [1.54, 1.807) is 24.3 Å². The average Bonchev–Trinajstić information content (AvgIpc) is 2.61. The number of hydrogen-bond donors (Lipinski definition) is 4. The largest absolute Gasteiger partial charge is 0.445 e. The molecule has 0 aliphatic carbocycles. The summed E-state index contributed by atoms with van der Waals surface area (Å²) in [6, 6.07) is 8.36. The standard InChI is InChI=1S/C16H20N4O5/c17-8-4-7-12(14(18)22)19-15(23)13(9-21)20-16(24)25-10-11-5-2-1-3-6-11/h1-3,5-6,12-13,21H,4,7,9-10H2,(H2,18,22)(H,19,23)(H,20,24)/t12-,13+/m1/s1. The van der Waals surface area contributed by atoms with Crippen molar-refractivity contribution in [2.24, 2.45) is 5.73 Å². The molecule has 0 fully saturated rings. The molecular weight excluding hydrogens is 328 g/mol. The lowest BCUT2D eigenvalue weighted by atomic mass is 10.1. The highest BCUT2D eigenvalue weighted by molar-refractivity contribution is 5.90. The number of carbonyl (C=O) groups excluding carboxylic acids is 3. The Morgan fingerprint density at radius 1 is 1.20 bits per heavy atom. The number of hydrogen-bond acceptors (Lipinski definition) is 6. The quantitative estimate of drug-likeness (QED) is 0.474. The average molecular weight is 348 g/mol. The van der Waals surface area contributed by atoms with E-state index in [2.05, 4.69) is 10.6 Å². The maximum absolute atomic E-state index is 12.0. The Hall–Kier alpha value is -3.12. The van der Waals surface area contributed by atoms with Crippen molar-refractivity contribution in [3.63, 3.8) is 0 Å². The zero-order valence-electron chi connectivity index (χ0n) is 13.5. The second-order valence-electron chi connectivity index (χ2n) is 5.10. The number of alkyl carbamates (subject to hydrolysis) is 1. The summed E-state index contributed by atoms with van der Waals surface area (Å²) in [4.78, 5) is 35.0. The fourth-order valence-electron chi connectivity index (χ4n) is 1.87. The molecule has 9 nitrogen and oxygen atoms in total. The Labute approximate surface area is 144 Å². The predicted octanol–water partition coefficient (Wildman–Crippen LogP) is -0.452. The molecule has 1 aromatic rings. The molecule has 3 amide bonds. The van der Waals surface area contributed by atoms with Gasteiger partial charge in [-0.1, -0.05) is 30.3 Å². The number of aliphatic hydroxyl groups excluding tert-OH is 1. The van der Waals surface area contributed by atoms with Gasteiger partial charge in [0.1, 0.15) is 18.7 Å². The molecule has 9 heteroatoms. The van der Waals surface area contributed by atoms with Crippen LogP contribution in [0.25, 0.3) is 0 Å². The molecule has 0 spiro atoms. The number of rotatable bonds is 9. The molecule has 134 valence electrons. The second kappa shape index (κ2) is 10.6. The minimum atomic E-state index is -1.31. The van der Waals surface area contributed by atoms with Gasteiger partial charge in [-0.3, -0.25) is 9.59 Å². The number of nitrogens with one attached hydrogen (secondary N) is 2. The molecule has 1 aromatic carbocycles. The summed E-state index contributed by atoms with van der Waals surface area (Å²) in [6.07, 6.45) is -0.844. The summed E-state index contributed by atoms with van der Waals surface area (Å²) >= 11 is 0. The first-order chi connectivity index (χ1) is 12.0. The number of benzene rings is 1. The van der Waals surface area contributed by atoms with Crippen LogP contribution in [0.4, 0.5) is 4.79 Å². The molecule has 0 heterocycles. The lowest BCUT2D eigenvalue weighted by Gasteiger charge is -2.19. The van der Waals surface area contributed by atoms with Crippen molar-refractivity contribution in [1.29, 1.82) is 5.26 Å². The summed E-state index contributed by atoms with van der Waals surface area (Å²) in [5.74, 6) is -1.62. The fraction of sp³-hybridized carbons (Fsp3) is 0.375. The summed E-state index contributed by atoms with van der Waals surface area (Å²) in [6.45, 7) is -0.700. The number of amides is 3. The van der Waals surface area contributed by atoms with Crippen LogP contribution in [0.15, 0.2) is 30.3 Å². The molecule has 0 unspecified atom stereocenters. The second-order valence-corrected chi connectivity index (χ2v) is 5.10. The Kier molecular flexibility index (Phi) is 8.46. The summed E-state index contributed by atoms with van der Waals surface area (Å²) < 4.78 is 4.95. The van der Waals surface area contributed by atoms with E-state index >= 15 is 0 Å². The van der Waals surface area contributed by atoms with E-state index in [1.807, 2.05) is 12.1 Å². The lowest BCUT2D eigenvalue weighted by molar-refractivity contribution is -0.129. The van der Waals surface area contributed by atoms with Crippen LogP contribution in [0.1, 0.15) is 18.4 Å². The van der Waals surface area contributed by atoms with Gasteiger partial charge in [0.15, 0.2) is 0 Å². The van der Waals surface area contributed by atoms with Crippen LogP contribution in [-0.4, -0.2) is 41.7 Å².